The van der Waals surface area contributed by atoms with Crippen molar-refractivity contribution in [3.8, 4) is 0 Å². The van der Waals surface area contributed by atoms with E-state index in [1.54, 1.807) is 12.1 Å². The summed E-state index contributed by atoms with van der Waals surface area (Å²) in [4.78, 5) is 6.54. The van der Waals surface area contributed by atoms with Crippen LogP contribution in [0.1, 0.15) is 0 Å². The highest BCUT2D eigenvalue weighted by atomic mass is 15.5. The van der Waals surface area contributed by atoms with Crippen LogP contribution in [0.15, 0.2) is 29.4 Å². The summed E-state index contributed by atoms with van der Waals surface area (Å²) in [6, 6.07) is 7.23. The second kappa shape index (κ2) is 3.04. The molecule has 0 atom stereocenters. The molecule has 13 heavy (non-hydrogen) atoms. The van der Waals surface area contributed by atoms with Crippen LogP contribution in [0.2, 0.25) is 0 Å². The molecule has 0 saturated heterocycles. The van der Waals surface area contributed by atoms with Crippen LogP contribution >= 0.6 is 0 Å². The summed E-state index contributed by atoms with van der Waals surface area (Å²) >= 11 is 0. The van der Waals surface area contributed by atoms with Crippen LogP contribution in [0, 0.1) is 0 Å². The zero-order chi connectivity index (χ0) is 9.10. The van der Waals surface area contributed by atoms with Crippen molar-refractivity contribution in [3.63, 3.8) is 0 Å². The van der Waals surface area contributed by atoms with Crippen molar-refractivity contribution in [2.45, 2.75) is 0 Å². The molecule has 0 amide bonds. The van der Waals surface area contributed by atoms with Crippen LogP contribution in [-0.4, -0.2) is 15.2 Å². The van der Waals surface area contributed by atoms with E-state index in [0.717, 1.165) is 0 Å². The number of azide groups is 1. The lowest BCUT2D eigenvalue weighted by molar-refractivity contribution is 1.01. The minimum absolute atomic E-state index is 0.0428. The predicted molar refractivity (Wildman–Crippen MR) is 46.1 cm³/mol. The number of rotatable bonds is 1. The standard InChI is InChI=1S/C7H4N6/c8-13-12-7-9-5-3-1-2-4-6(5)10-11-7/h1-4H/i8+1. The van der Waals surface area contributed by atoms with Crippen molar-refractivity contribution >= 4 is 17.0 Å². The third-order valence-electron chi connectivity index (χ3n) is 1.48. The van der Waals surface area contributed by atoms with E-state index in [0.29, 0.717) is 11.0 Å². The van der Waals surface area contributed by atoms with Crippen molar-refractivity contribution < 1.29 is 0 Å². The molecule has 0 N–H and O–H groups in total. The van der Waals surface area contributed by atoms with Crippen LogP contribution in [0.4, 0.5) is 5.95 Å². The van der Waals surface area contributed by atoms with E-state index < -0.39 is 0 Å². The third kappa shape index (κ3) is 1.38. The molecule has 0 aliphatic carbocycles. The summed E-state index contributed by atoms with van der Waals surface area (Å²) < 4.78 is 0. The van der Waals surface area contributed by atoms with E-state index in [1.807, 2.05) is 12.1 Å². The van der Waals surface area contributed by atoms with Gasteiger partial charge in [0.15, 0.2) is 0 Å². The van der Waals surface area contributed by atoms with Crippen molar-refractivity contribution in [1.29, 1.82) is 0 Å². The molecule has 0 aliphatic rings. The van der Waals surface area contributed by atoms with Crippen LogP contribution in [-0.2, 0) is 0 Å². The quantitative estimate of drug-likeness (QED) is 0.286. The lowest BCUT2D eigenvalue weighted by Gasteiger charge is -1.93. The van der Waals surface area contributed by atoms with Gasteiger partial charge in [-0.05, 0) is 22.8 Å². The fraction of sp³-hybridized carbons (Fsp3) is 0. The predicted octanol–water partition coefficient (Wildman–Crippen LogP) is 1.97. The van der Waals surface area contributed by atoms with E-state index in [-0.39, 0.29) is 5.95 Å². The van der Waals surface area contributed by atoms with Crippen LogP contribution < -0.4 is 0 Å². The zero-order valence-corrected chi connectivity index (χ0v) is 6.49. The van der Waals surface area contributed by atoms with E-state index in [1.165, 1.54) is 0 Å². The molecule has 0 aliphatic heterocycles. The maximum atomic E-state index is 8.14. The Kier molecular flexibility index (Phi) is 1.74. The summed E-state index contributed by atoms with van der Waals surface area (Å²) in [6.45, 7) is 0. The molecule has 0 radical (unpaired) electrons. The molecule has 1 aromatic carbocycles. The van der Waals surface area contributed by atoms with E-state index in [4.69, 9.17) is 5.53 Å². The molecule has 0 spiro atoms. The summed E-state index contributed by atoms with van der Waals surface area (Å²) in [6.07, 6.45) is 0. The Hall–Kier alpha value is -2.20. The van der Waals surface area contributed by atoms with Crippen LogP contribution in [0.25, 0.3) is 21.5 Å². The molecule has 2 aromatic rings. The fourth-order valence-electron chi connectivity index (χ4n) is 0.954. The van der Waals surface area contributed by atoms with Gasteiger partial charge in [-0.15, -0.1) is 10.2 Å². The Labute approximate surface area is 72.9 Å². The molecule has 0 unspecified atom stereocenters. The number of fused-ring (bicyclic) bond motifs is 1. The summed E-state index contributed by atoms with van der Waals surface area (Å²) in [7, 11) is 0. The molecule has 6 nitrogen and oxygen atoms in total. The number of nitrogens with zero attached hydrogens (tertiary/aromatic N) is 6. The lowest BCUT2D eigenvalue weighted by Crippen LogP contribution is -1.87. The van der Waals surface area contributed by atoms with Gasteiger partial charge in [0, 0.05) is 4.91 Å². The SMILES string of the molecule is [15N-]=[N+]=Nc1nnc2ccccc2n1. The summed E-state index contributed by atoms with van der Waals surface area (Å²) in [5, 5.41) is 10.7. The largest absolute Gasteiger partial charge is 0.239 e. The van der Waals surface area contributed by atoms with E-state index in [9.17, 15) is 0 Å². The molecule has 1 aromatic heterocycles. The number of benzene rings is 1. The van der Waals surface area contributed by atoms with Gasteiger partial charge in [0.2, 0.25) is 5.95 Å². The number of aromatic nitrogens is 3. The van der Waals surface area contributed by atoms with Crippen LogP contribution in [0.3, 0.4) is 0 Å². The first kappa shape index (κ1) is 7.45. The number of hydrogen-bond donors (Lipinski definition) is 0. The van der Waals surface area contributed by atoms with Gasteiger partial charge in [-0.3, -0.25) is 0 Å². The molecule has 2 rings (SSSR count). The van der Waals surface area contributed by atoms with Gasteiger partial charge in [-0.25, -0.2) is 4.98 Å². The van der Waals surface area contributed by atoms with E-state index >= 15 is 0 Å². The highest BCUT2D eigenvalue weighted by molar-refractivity contribution is 5.73. The monoisotopic (exact) mass is 173 g/mol. The third-order valence-corrected chi connectivity index (χ3v) is 1.48. The first-order valence-corrected chi connectivity index (χ1v) is 3.55. The molecule has 62 valence electrons. The Balaban J connectivity index is 2.68. The molecular formula is C7H4N6. The maximum absolute atomic E-state index is 8.14. The molecule has 0 saturated carbocycles. The van der Waals surface area contributed by atoms with Gasteiger partial charge >= 0.3 is 0 Å². The average Bonchev–Trinajstić information content (AvgIpc) is 2.18. The fourth-order valence-corrected chi connectivity index (χ4v) is 0.954. The second-order valence-corrected chi connectivity index (χ2v) is 2.29. The minimum atomic E-state index is 0.0428. The van der Waals surface area contributed by atoms with Crippen molar-refractivity contribution in [1.82, 2.24) is 15.2 Å². The maximum Gasteiger partial charge on any atom is 0.239 e. The van der Waals surface area contributed by atoms with Gasteiger partial charge in [0.1, 0.15) is 5.52 Å². The first-order valence-electron chi connectivity index (χ1n) is 3.55. The zero-order valence-electron chi connectivity index (χ0n) is 6.49. The normalized spacial score (nSPS) is 9.54. The van der Waals surface area contributed by atoms with Crippen molar-refractivity contribution in [2.24, 2.45) is 5.11 Å². The highest BCUT2D eigenvalue weighted by Crippen LogP contribution is 2.10. The van der Waals surface area contributed by atoms with Gasteiger partial charge in [0.25, 0.3) is 0 Å². The molecular weight excluding hydrogens is 169 g/mol. The first-order chi connectivity index (χ1) is 6.40. The van der Waals surface area contributed by atoms with Crippen molar-refractivity contribution in [3.05, 3.63) is 34.7 Å². The Morgan fingerprint density at radius 1 is 1.15 bits per heavy atom. The summed E-state index contributed by atoms with van der Waals surface area (Å²) in [5.74, 6) is 0.0428. The summed E-state index contributed by atoms with van der Waals surface area (Å²) in [5.41, 5.74) is 9.49. The van der Waals surface area contributed by atoms with Crippen LogP contribution in [0.5, 0.6) is 0 Å². The molecule has 6 heteroatoms. The average molecular weight is 173 g/mol. The molecule has 1 heterocycles. The Bertz CT molecular complexity index is 487. The Morgan fingerprint density at radius 3 is 2.69 bits per heavy atom. The van der Waals surface area contributed by atoms with Gasteiger partial charge in [0.05, 0.1) is 5.52 Å². The second-order valence-electron chi connectivity index (χ2n) is 2.29. The van der Waals surface area contributed by atoms with Gasteiger partial charge < -0.3 is 0 Å². The highest BCUT2D eigenvalue weighted by Gasteiger charge is 1.96. The smallest absolute Gasteiger partial charge is 0.224 e. The van der Waals surface area contributed by atoms with Gasteiger partial charge in [-0.1, -0.05) is 12.1 Å². The molecule has 0 fully saturated rings. The van der Waals surface area contributed by atoms with Crippen molar-refractivity contribution in [2.75, 3.05) is 0 Å². The number of hydrogen-bond acceptors (Lipinski definition) is 4. The van der Waals surface area contributed by atoms with E-state index in [2.05, 4.69) is 25.2 Å². The lowest BCUT2D eigenvalue weighted by atomic mass is 10.3. The van der Waals surface area contributed by atoms with Gasteiger partial charge in [-0.2, -0.15) is 0 Å². The Morgan fingerprint density at radius 2 is 1.92 bits per heavy atom. The molecule has 0 bridgehead atoms. The minimum Gasteiger partial charge on any atom is -0.224 e. The topological polar surface area (TPSA) is 87.4 Å². The number of para-hydroxylation sites is 1.